The maximum absolute atomic E-state index is 12.0. The first-order valence-corrected chi connectivity index (χ1v) is 6.27. The van der Waals surface area contributed by atoms with E-state index < -0.39 is 10.0 Å². The van der Waals surface area contributed by atoms with Gasteiger partial charge < -0.3 is 5.73 Å². The van der Waals surface area contributed by atoms with Gasteiger partial charge in [0.05, 0.1) is 18.1 Å². The van der Waals surface area contributed by atoms with Crippen molar-refractivity contribution in [2.75, 3.05) is 4.72 Å². The average molecular weight is 253 g/mol. The van der Waals surface area contributed by atoms with Gasteiger partial charge in [-0.1, -0.05) is 0 Å². The molecule has 0 aliphatic heterocycles. The number of hydrogen-bond donors (Lipinski definition) is 3. The van der Waals surface area contributed by atoms with Gasteiger partial charge in [0.2, 0.25) is 0 Å². The Morgan fingerprint density at radius 2 is 2.24 bits per heavy atom. The number of aromatic amines is 1. The molecule has 0 saturated heterocycles. The third-order valence-electron chi connectivity index (χ3n) is 2.08. The molecule has 0 radical (unpaired) electrons. The fraction of sp³-hybridized carbons (Fsp3) is 0.111. The molecule has 0 amide bonds. The highest BCUT2D eigenvalue weighted by Gasteiger charge is 2.20. The molecule has 0 fully saturated rings. The molecule has 0 unspecified atom stereocenters. The summed E-state index contributed by atoms with van der Waals surface area (Å²) in [4.78, 5) is 3.82. The second kappa shape index (κ2) is 4.52. The first-order valence-electron chi connectivity index (χ1n) is 4.78. The summed E-state index contributed by atoms with van der Waals surface area (Å²) in [6.07, 6.45) is 4.35. The Bertz CT molecular complexity index is 593. The molecule has 2 heterocycles. The lowest BCUT2D eigenvalue weighted by atomic mass is 10.4. The fourth-order valence-electron chi connectivity index (χ4n) is 1.31. The van der Waals surface area contributed by atoms with Gasteiger partial charge >= 0.3 is 0 Å². The minimum absolute atomic E-state index is 0.0242. The molecular weight excluding hydrogens is 242 g/mol. The van der Waals surface area contributed by atoms with Crippen molar-refractivity contribution in [1.82, 2.24) is 15.2 Å². The molecule has 0 spiro atoms. The first kappa shape index (κ1) is 11.6. The Morgan fingerprint density at radius 3 is 2.88 bits per heavy atom. The van der Waals surface area contributed by atoms with E-state index in [9.17, 15) is 8.42 Å². The standard InChI is InChI=1S/C9H11N5O2S/c10-4-7-5-12-13-9(7)17(15,16)14-8-2-1-3-11-6-8/h1-3,5-6,14H,4,10H2,(H,12,13). The van der Waals surface area contributed by atoms with E-state index in [1.165, 1.54) is 12.4 Å². The second-order valence-corrected chi connectivity index (χ2v) is 4.89. The van der Waals surface area contributed by atoms with Crippen molar-refractivity contribution in [2.45, 2.75) is 11.6 Å². The first-order chi connectivity index (χ1) is 8.13. The van der Waals surface area contributed by atoms with Crippen LogP contribution in [-0.2, 0) is 16.6 Å². The Morgan fingerprint density at radius 1 is 1.41 bits per heavy atom. The predicted octanol–water partition coefficient (Wildman–Crippen LogP) is 0.0642. The minimum Gasteiger partial charge on any atom is -0.326 e. The number of pyridine rings is 1. The predicted molar refractivity (Wildman–Crippen MR) is 61.5 cm³/mol. The molecule has 2 rings (SSSR count). The van der Waals surface area contributed by atoms with Gasteiger partial charge in [-0.05, 0) is 12.1 Å². The number of nitrogens with one attached hydrogen (secondary N) is 2. The fourth-order valence-corrected chi connectivity index (χ4v) is 2.49. The molecule has 2 aromatic rings. The van der Waals surface area contributed by atoms with E-state index >= 15 is 0 Å². The molecule has 8 heteroatoms. The highest BCUT2D eigenvalue weighted by atomic mass is 32.2. The molecular formula is C9H11N5O2S. The summed E-state index contributed by atoms with van der Waals surface area (Å²) in [7, 11) is -3.70. The summed E-state index contributed by atoms with van der Waals surface area (Å²) in [6, 6.07) is 3.23. The molecule has 4 N–H and O–H groups in total. The summed E-state index contributed by atoms with van der Waals surface area (Å²) >= 11 is 0. The monoisotopic (exact) mass is 253 g/mol. The number of anilines is 1. The molecule has 2 aromatic heterocycles. The van der Waals surface area contributed by atoms with E-state index in [0.717, 1.165) is 0 Å². The smallest absolute Gasteiger partial charge is 0.279 e. The Balaban J connectivity index is 2.32. The molecule has 7 nitrogen and oxygen atoms in total. The molecule has 0 saturated carbocycles. The van der Waals surface area contributed by atoms with E-state index in [-0.39, 0.29) is 11.6 Å². The van der Waals surface area contributed by atoms with Crippen LogP contribution in [-0.4, -0.2) is 23.6 Å². The number of H-pyrrole nitrogens is 1. The minimum atomic E-state index is -3.70. The van der Waals surface area contributed by atoms with Crippen LogP contribution in [0.4, 0.5) is 5.69 Å². The quantitative estimate of drug-likeness (QED) is 0.713. The van der Waals surface area contributed by atoms with E-state index in [1.54, 1.807) is 18.3 Å². The topological polar surface area (TPSA) is 114 Å². The van der Waals surface area contributed by atoms with Crippen molar-refractivity contribution in [3.05, 3.63) is 36.3 Å². The Labute approximate surface area is 98.1 Å². The molecule has 17 heavy (non-hydrogen) atoms. The largest absolute Gasteiger partial charge is 0.326 e. The van der Waals surface area contributed by atoms with Crippen LogP contribution in [0.3, 0.4) is 0 Å². The van der Waals surface area contributed by atoms with Crippen LogP contribution >= 0.6 is 0 Å². The lowest BCUT2D eigenvalue weighted by molar-refractivity contribution is 0.596. The van der Waals surface area contributed by atoms with Crippen LogP contribution < -0.4 is 10.5 Å². The van der Waals surface area contributed by atoms with E-state index in [4.69, 9.17) is 5.73 Å². The van der Waals surface area contributed by atoms with E-state index in [1.807, 2.05) is 0 Å². The maximum Gasteiger partial charge on any atom is 0.279 e. The number of nitrogens with zero attached hydrogens (tertiary/aromatic N) is 2. The normalized spacial score (nSPS) is 11.4. The van der Waals surface area contributed by atoms with Gasteiger partial charge in [-0.3, -0.25) is 14.8 Å². The summed E-state index contributed by atoms with van der Waals surface area (Å²) < 4.78 is 26.3. The van der Waals surface area contributed by atoms with Crippen LogP contribution in [0.5, 0.6) is 0 Å². The third kappa shape index (κ3) is 2.43. The maximum atomic E-state index is 12.0. The lowest BCUT2D eigenvalue weighted by Gasteiger charge is -2.06. The molecule has 90 valence electrons. The summed E-state index contributed by atoms with van der Waals surface area (Å²) in [5.41, 5.74) is 6.23. The van der Waals surface area contributed by atoms with Gasteiger partial charge in [0.1, 0.15) is 0 Å². The Kier molecular flexibility index (Phi) is 3.07. The van der Waals surface area contributed by atoms with Gasteiger partial charge in [-0.2, -0.15) is 13.5 Å². The zero-order valence-corrected chi connectivity index (χ0v) is 9.61. The van der Waals surface area contributed by atoms with Crippen molar-refractivity contribution in [2.24, 2.45) is 5.73 Å². The molecule has 0 atom stereocenters. The van der Waals surface area contributed by atoms with Gasteiger partial charge in [-0.25, -0.2) is 0 Å². The van der Waals surface area contributed by atoms with Crippen LogP contribution in [0, 0.1) is 0 Å². The number of hydrogen-bond acceptors (Lipinski definition) is 5. The van der Waals surface area contributed by atoms with Crippen molar-refractivity contribution in [3.63, 3.8) is 0 Å². The van der Waals surface area contributed by atoms with Gasteiger partial charge in [0.25, 0.3) is 10.0 Å². The van der Waals surface area contributed by atoms with Crippen LogP contribution in [0.2, 0.25) is 0 Å². The number of aromatic nitrogens is 3. The molecule has 0 bridgehead atoms. The molecule has 0 aromatic carbocycles. The van der Waals surface area contributed by atoms with Crippen molar-refractivity contribution in [1.29, 1.82) is 0 Å². The van der Waals surface area contributed by atoms with E-state index in [0.29, 0.717) is 11.3 Å². The molecule has 0 aliphatic rings. The third-order valence-corrected chi connectivity index (χ3v) is 3.48. The Hall–Kier alpha value is -1.93. The van der Waals surface area contributed by atoms with E-state index in [2.05, 4.69) is 19.9 Å². The van der Waals surface area contributed by atoms with Crippen molar-refractivity contribution >= 4 is 15.7 Å². The van der Waals surface area contributed by atoms with Gasteiger partial charge in [-0.15, -0.1) is 0 Å². The van der Waals surface area contributed by atoms with Gasteiger partial charge in [0.15, 0.2) is 5.03 Å². The number of sulfonamides is 1. The SMILES string of the molecule is NCc1cn[nH]c1S(=O)(=O)Nc1cccnc1. The number of rotatable bonds is 4. The zero-order chi connectivity index (χ0) is 12.3. The summed E-state index contributed by atoms with van der Waals surface area (Å²) in [5, 5.41) is 6.05. The average Bonchev–Trinajstić information content (AvgIpc) is 2.78. The van der Waals surface area contributed by atoms with Crippen molar-refractivity contribution < 1.29 is 8.42 Å². The highest BCUT2D eigenvalue weighted by Crippen LogP contribution is 2.15. The second-order valence-electron chi connectivity index (χ2n) is 3.28. The van der Waals surface area contributed by atoms with Gasteiger partial charge in [0, 0.05) is 18.3 Å². The van der Waals surface area contributed by atoms with Crippen LogP contribution in [0.25, 0.3) is 0 Å². The highest BCUT2D eigenvalue weighted by molar-refractivity contribution is 7.92. The summed E-state index contributed by atoms with van der Waals surface area (Å²) in [5.74, 6) is 0. The number of nitrogens with two attached hydrogens (primary N) is 1. The van der Waals surface area contributed by atoms with Crippen LogP contribution in [0.15, 0.2) is 35.7 Å². The van der Waals surface area contributed by atoms with Crippen LogP contribution in [0.1, 0.15) is 5.56 Å². The zero-order valence-electron chi connectivity index (χ0n) is 8.79. The molecule has 0 aliphatic carbocycles. The lowest BCUT2D eigenvalue weighted by Crippen LogP contribution is -2.16. The summed E-state index contributed by atoms with van der Waals surface area (Å²) in [6.45, 7) is 0.0970. The van der Waals surface area contributed by atoms with Crippen molar-refractivity contribution in [3.8, 4) is 0 Å².